The fourth-order valence-corrected chi connectivity index (χ4v) is 2.24. The third-order valence-corrected chi connectivity index (χ3v) is 3.47. The number of rotatable bonds is 6. The van der Waals surface area contributed by atoms with Crippen LogP contribution in [0.5, 0.6) is 0 Å². The number of carbonyl (C=O) groups excluding carboxylic acids is 2. The Morgan fingerprint density at radius 2 is 2.26 bits per heavy atom. The van der Waals surface area contributed by atoms with Crippen LogP contribution in [0, 0.1) is 6.92 Å². The Morgan fingerprint density at radius 3 is 2.84 bits per heavy atom. The zero-order valence-corrected chi connectivity index (χ0v) is 12.2. The molecule has 106 valence electrons. The molecule has 1 atom stereocenters. The van der Waals surface area contributed by atoms with Crippen LogP contribution in [-0.2, 0) is 16.0 Å². The van der Waals surface area contributed by atoms with E-state index in [9.17, 15) is 9.59 Å². The highest BCUT2D eigenvalue weighted by atomic mass is 32.1. The highest BCUT2D eigenvalue weighted by Gasteiger charge is 2.14. The van der Waals surface area contributed by atoms with Gasteiger partial charge in [0.1, 0.15) is 6.04 Å². The molecule has 2 N–H and O–H groups in total. The van der Waals surface area contributed by atoms with Crippen LogP contribution in [0.4, 0.5) is 4.79 Å². The van der Waals surface area contributed by atoms with Gasteiger partial charge >= 0.3 is 6.09 Å². The maximum absolute atomic E-state index is 11.6. The number of hydrogen-bond acceptors (Lipinski definition) is 5. The van der Waals surface area contributed by atoms with Gasteiger partial charge in [-0.1, -0.05) is 0 Å². The molecular formula is C12H19N3O3S. The molecule has 0 aliphatic carbocycles. The molecule has 0 aliphatic rings. The van der Waals surface area contributed by atoms with E-state index in [4.69, 9.17) is 0 Å². The molecule has 0 bridgehead atoms. The zero-order chi connectivity index (χ0) is 14.3. The Bertz CT molecular complexity index is 434. The number of thiazole rings is 1. The SMILES string of the molecule is COC(=O)NC(C)C(=O)NCCCc1nc(C)cs1. The van der Waals surface area contributed by atoms with Crippen LogP contribution in [0.2, 0.25) is 0 Å². The van der Waals surface area contributed by atoms with Gasteiger partial charge in [-0.3, -0.25) is 4.79 Å². The van der Waals surface area contributed by atoms with Crippen LogP contribution < -0.4 is 10.6 Å². The van der Waals surface area contributed by atoms with Gasteiger partial charge < -0.3 is 15.4 Å². The molecule has 1 heterocycles. The lowest BCUT2D eigenvalue weighted by Gasteiger charge is -2.12. The molecule has 2 amide bonds. The summed E-state index contributed by atoms with van der Waals surface area (Å²) in [7, 11) is 1.26. The summed E-state index contributed by atoms with van der Waals surface area (Å²) in [6.45, 7) is 4.13. The van der Waals surface area contributed by atoms with E-state index in [2.05, 4.69) is 20.4 Å². The zero-order valence-electron chi connectivity index (χ0n) is 11.4. The second-order valence-electron chi connectivity index (χ2n) is 4.13. The number of carbonyl (C=O) groups is 2. The largest absolute Gasteiger partial charge is 0.453 e. The first-order valence-electron chi connectivity index (χ1n) is 6.06. The lowest BCUT2D eigenvalue weighted by Crippen LogP contribution is -2.45. The fraction of sp³-hybridized carbons (Fsp3) is 0.583. The topological polar surface area (TPSA) is 80.3 Å². The molecule has 7 heteroatoms. The lowest BCUT2D eigenvalue weighted by atomic mass is 10.3. The summed E-state index contributed by atoms with van der Waals surface area (Å²) in [4.78, 5) is 26.9. The Balaban J connectivity index is 2.18. The van der Waals surface area contributed by atoms with E-state index in [1.807, 2.05) is 12.3 Å². The predicted octanol–water partition coefficient (Wildman–Crippen LogP) is 1.24. The molecule has 0 aromatic carbocycles. The lowest BCUT2D eigenvalue weighted by molar-refractivity contribution is -0.122. The molecule has 19 heavy (non-hydrogen) atoms. The first-order chi connectivity index (χ1) is 9.02. The van der Waals surface area contributed by atoms with Crippen molar-refractivity contribution >= 4 is 23.3 Å². The molecule has 1 rings (SSSR count). The van der Waals surface area contributed by atoms with Crippen molar-refractivity contribution in [2.75, 3.05) is 13.7 Å². The number of nitrogens with zero attached hydrogens (tertiary/aromatic N) is 1. The van der Waals surface area contributed by atoms with Gasteiger partial charge in [0.2, 0.25) is 5.91 Å². The van der Waals surface area contributed by atoms with Crippen LogP contribution in [0.1, 0.15) is 24.0 Å². The van der Waals surface area contributed by atoms with Crippen molar-refractivity contribution in [3.05, 3.63) is 16.1 Å². The van der Waals surface area contributed by atoms with Gasteiger partial charge in [0.15, 0.2) is 0 Å². The summed E-state index contributed by atoms with van der Waals surface area (Å²) in [5.74, 6) is -0.222. The smallest absolute Gasteiger partial charge is 0.407 e. The molecule has 0 aliphatic heterocycles. The molecule has 1 unspecified atom stereocenters. The van der Waals surface area contributed by atoms with Crippen molar-refractivity contribution in [3.8, 4) is 0 Å². The average molecular weight is 285 g/mol. The summed E-state index contributed by atoms with van der Waals surface area (Å²) >= 11 is 1.63. The number of alkyl carbamates (subject to hydrolysis) is 1. The fourth-order valence-electron chi connectivity index (χ4n) is 1.42. The van der Waals surface area contributed by atoms with Crippen LogP contribution in [0.3, 0.4) is 0 Å². The maximum Gasteiger partial charge on any atom is 0.407 e. The number of nitrogens with one attached hydrogen (secondary N) is 2. The van der Waals surface area contributed by atoms with Crippen LogP contribution in [0.15, 0.2) is 5.38 Å². The van der Waals surface area contributed by atoms with Crippen LogP contribution >= 0.6 is 11.3 Å². The van der Waals surface area contributed by atoms with Gasteiger partial charge in [-0.15, -0.1) is 11.3 Å². The van der Waals surface area contributed by atoms with E-state index in [1.165, 1.54) is 7.11 Å². The van der Waals surface area contributed by atoms with Crippen molar-refractivity contribution in [2.45, 2.75) is 32.7 Å². The highest BCUT2D eigenvalue weighted by Crippen LogP contribution is 2.10. The molecule has 0 fully saturated rings. The number of aryl methyl sites for hydroxylation is 2. The summed E-state index contributed by atoms with van der Waals surface area (Å²) in [5, 5.41) is 8.25. The molecular weight excluding hydrogens is 266 g/mol. The van der Waals surface area contributed by atoms with Gasteiger partial charge in [0, 0.05) is 24.0 Å². The van der Waals surface area contributed by atoms with E-state index in [0.29, 0.717) is 6.54 Å². The Hall–Kier alpha value is -1.63. The predicted molar refractivity (Wildman–Crippen MR) is 73.2 cm³/mol. The second kappa shape index (κ2) is 7.73. The van der Waals surface area contributed by atoms with Crippen molar-refractivity contribution < 1.29 is 14.3 Å². The van der Waals surface area contributed by atoms with Gasteiger partial charge in [0.05, 0.1) is 12.1 Å². The van der Waals surface area contributed by atoms with Crippen LogP contribution in [0.25, 0.3) is 0 Å². The minimum atomic E-state index is -0.610. The molecule has 1 aromatic heterocycles. The van der Waals surface area contributed by atoms with E-state index in [-0.39, 0.29) is 5.91 Å². The standard InChI is InChI=1S/C12H19N3O3S/c1-8-7-19-10(14-8)5-4-6-13-11(16)9(2)15-12(17)18-3/h7,9H,4-6H2,1-3H3,(H,13,16)(H,15,17). The minimum Gasteiger partial charge on any atom is -0.453 e. The van der Waals surface area contributed by atoms with Gasteiger partial charge in [-0.25, -0.2) is 9.78 Å². The first kappa shape index (κ1) is 15.4. The van der Waals surface area contributed by atoms with Crippen molar-refractivity contribution in [2.24, 2.45) is 0 Å². The normalized spacial score (nSPS) is 11.7. The van der Waals surface area contributed by atoms with Gasteiger partial charge in [-0.05, 0) is 20.3 Å². The number of methoxy groups -OCH3 is 1. The quantitative estimate of drug-likeness (QED) is 0.771. The van der Waals surface area contributed by atoms with E-state index >= 15 is 0 Å². The third-order valence-electron chi connectivity index (χ3n) is 2.45. The summed E-state index contributed by atoms with van der Waals surface area (Å²) in [5.41, 5.74) is 1.03. The molecule has 6 nitrogen and oxygen atoms in total. The molecule has 0 spiro atoms. The van der Waals surface area contributed by atoms with Crippen molar-refractivity contribution in [1.82, 2.24) is 15.6 Å². The first-order valence-corrected chi connectivity index (χ1v) is 6.94. The van der Waals surface area contributed by atoms with Crippen LogP contribution in [-0.4, -0.2) is 36.7 Å². The number of amides is 2. The Kier molecular flexibility index (Phi) is 6.27. The molecule has 0 saturated carbocycles. The Labute approximate surface area is 116 Å². The number of hydrogen-bond donors (Lipinski definition) is 2. The summed E-state index contributed by atoms with van der Waals surface area (Å²) in [6, 6.07) is -0.602. The number of aromatic nitrogens is 1. The summed E-state index contributed by atoms with van der Waals surface area (Å²) < 4.78 is 4.42. The second-order valence-corrected chi connectivity index (χ2v) is 5.08. The molecule has 1 aromatic rings. The minimum absolute atomic E-state index is 0.222. The highest BCUT2D eigenvalue weighted by molar-refractivity contribution is 7.09. The van der Waals surface area contributed by atoms with Crippen molar-refractivity contribution in [1.29, 1.82) is 0 Å². The van der Waals surface area contributed by atoms with E-state index in [0.717, 1.165) is 23.5 Å². The molecule has 0 radical (unpaired) electrons. The summed E-state index contributed by atoms with van der Waals surface area (Å²) in [6.07, 6.45) is 1.06. The van der Waals surface area contributed by atoms with Gasteiger partial charge in [0.25, 0.3) is 0 Å². The monoisotopic (exact) mass is 285 g/mol. The molecule has 0 saturated heterocycles. The van der Waals surface area contributed by atoms with Gasteiger partial charge in [-0.2, -0.15) is 0 Å². The number of ether oxygens (including phenoxy) is 1. The van der Waals surface area contributed by atoms with Crippen molar-refractivity contribution in [3.63, 3.8) is 0 Å². The average Bonchev–Trinajstić information content (AvgIpc) is 2.79. The maximum atomic E-state index is 11.6. The van der Waals surface area contributed by atoms with E-state index in [1.54, 1.807) is 18.3 Å². The Morgan fingerprint density at radius 1 is 1.53 bits per heavy atom. The third kappa shape index (κ3) is 5.69. The van der Waals surface area contributed by atoms with E-state index < -0.39 is 12.1 Å².